The van der Waals surface area contributed by atoms with Crippen LogP contribution in [0.5, 0.6) is 11.5 Å². The molecule has 0 radical (unpaired) electrons. The van der Waals surface area contributed by atoms with Crippen LogP contribution in [0, 0.1) is 6.92 Å². The van der Waals surface area contributed by atoms with E-state index in [4.69, 9.17) is 9.47 Å². The molecule has 10 nitrogen and oxygen atoms in total. The average Bonchev–Trinajstić information content (AvgIpc) is 3.04. The highest BCUT2D eigenvalue weighted by atomic mass is 32.2. The third kappa shape index (κ3) is 8.45. The van der Waals surface area contributed by atoms with Crippen LogP contribution in [-0.4, -0.2) is 46.7 Å². The van der Waals surface area contributed by atoms with Crippen molar-refractivity contribution < 1.29 is 27.5 Å². The Balaban J connectivity index is 1.36. The van der Waals surface area contributed by atoms with E-state index in [1.165, 1.54) is 25.5 Å². The molecule has 11 heteroatoms. The maximum absolute atomic E-state index is 13.6. The first-order valence-corrected chi connectivity index (χ1v) is 15.2. The van der Waals surface area contributed by atoms with Crippen molar-refractivity contribution in [1.29, 1.82) is 0 Å². The molecule has 4 aromatic carbocycles. The summed E-state index contributed by atoms with van der Waals surface area (Å²) in [5.74, 6) is -0.110. The summed E-state index contributed by atoms with van der Waals surface area (Å²) in [6.07, 6.45) is 1.42. The number of benzene rings is 4. The second-order valence-corrected chi connectivity index (χ2v) is 11.7. The molecular formula is C33H34N4O6S. The molecule has 0 saturated carbocycles. The van der Waals surface area contributed by atoms with Crippen molar-refractivity contribution in [3.63, 3.8) is 0 Å². The third-order valence-electron chi connectivity index (χ3n) is 6.55. The molecule has 0 aliphatic rings. The smallest absolute Gasteiger partial charge is 0.264 e. The van der Waals surface area contributed by atoms with Gasteiger partial charge >= 0.3 is 0 Å². The summed E-state index contributed by atoms with van der Waals surface area (Å²) in [5.41, 5.74) is 5.06. The van der Waals surface area contributed by atoms with Gasteiger partial charge < -0.3 is 14.8 Å². The number of nitrogens with one attached hydrogen (secondary N) is 2. The van der Waals surface area contributed by atoms with E-state index in [0.29, 0.717) is 17.1 Å². The fourth-order valence-corrected chi connectivity index (χ4v) is 5.71. The summed E-state index contributed by atoms with van der Waals surface area (Å²) in [7, 11) is -2.68. The predicted octanol–water partition coefficient (Wildman–Crippen LogP) is 4.61. The van der Waals surface area contributed by atoms with Gasteiger partial charge in [-0.3, -0.25) is 13.9 Å². The molecular weight excluding hydrogens is 580 g/mol. The number of methoxy groups -OCH3 is 1. The van der Waals surface area contributed by atoms with E-state index in [-0.39, 0.29) is 29.1 Å². The third-order valence-corrected chi connectivity index (χ3v) is 8.33. The molecule has 0 spiro atoms. The highest BCUT2D eigenvalue weighted by Crippen LogP contribution is 2.33. The Kier molecular flexibility index (Phi) is 10.7. The molecule has 228 valence electrons. The van der Waals surface area contributed by atoms with Gasteiger partial charge in [-0.2, -0.15) is 5.10 Å². The van der Waals surface area contributed by atoms with Crippen LogP contribution in [0.2, 0.25) is 0 Å². The number of carbonyl (C=O) groups is 2. The Morgan fingerprint density at radius 2 is 1.57 bits per heavy atom. The van der Waals surface area contributed by atoms with Gasteiger partial charge in [0.25, 0.3) is 21.8 Å². The number of hydrogen-bond acceptors (Lipinski definition) is 7. The molecule has 4 aromatic rings. The molecule has 0 aliphatic heterocycles. The summed E-state index contributed by atoms with van der Waals surface area (Å²) < 4.78 is 39.2. The second-order valence-electron chi connectivity index (χ2n) is 9.85. The van der Waals surface area contributed by atoms with Crippen LogP contribution in [0.25, 0.3) is 0 Å². The number of sulfonamides is 1. The van der Waals surface area contributed by atoms with Crippen molar-refractivity contribution >= 4 is 33.7 Å². The SMILES string of the molecule is COc1ccc(C)cc1N(CC(=O)N/N=C\c1ccc(OCC(=O)N[C@@H](C)c2ccccc2)cc1)S(=O)(=O)c1ccccc1. The highest BCUT2D eigenvalue weighted by Gasteiger charge is 2.29. The molecule has 0 unspecified atom stereocenters. The molecule has 2 N–H and O–H groups in total. The lowest BCUT2D eigenvalue weighted by atomic mass is 10.1. The van der Waals surface area contributed by atoms with Gasteiger partial charge in [0, 0.05) is 0 Å². The van der Waals surface area contributed by atoms with Crippen LogP contribution in [-0.2, 0) is 19.6 Å². The average molecular weight is 615 g/mol. The summed E-state index contributed by atoms with van der Waals surface area (Å²) in [6, 6.07) is 29.2. The number of anilines is 1. The zero-order chi connectivity index (χ0) is 31.5. The lowest BCUT2D eigenvalue weighted by Crippen LogP contribution is -2.39. The Morgan fingerprint density at radius 3 is 2.23 bits per heavy atom. The van der Waals surface area contributed by atoms with Crippen molar-refractivity contribution in [3.8, 4) is 11.5 Å². The van der Waals surface area contributed by atoms with Crippen LogP contribution >= 0.6 is 0 Å². The zero-order valence-electron chi connectivity index (χ0n) is 24.6. The van der Waals surface area contributed by atoms with Crippen LogP contribution in [0.4, 0.5) is 5.69 Å². The maximum Gasteiger partial charge on any atom is 0.264 e. The predicted molar refractivity (Wildman–Crippen MR) is 169 cm³/mol. The van der Waals surface area contributed by atoms with Gasteiger partial charge in [0.05, 0.1) is 29.9 Å². The van der Waals surface area contributed by atoms with Gasteiger partial charge in [-0.25, -0.2) is 13.8 Å². The van der Waals surface area contributed by atoms with Gasteiger partial charge in [-0.1, -0.05) is 54.6 Å². The van der Waals surface area contributed by atoms with Gasteiger partial charge in [-0.05, 0) is 79.1 Å². The number of nitrogens with zero attached hydrogens (tertiary/aromatic N) is 2. The number of rotatable bonds is 13. The Bertz CT molecular complexity index is 1700. The minimum absolute atomic E-state index is 0.0327. The zero-order valence-corrected chi connectivity index (χ0v) is 25.5. The largest absolute Gasteiger partial charge is 0.495 e. The van der Waals surface area contributed by atoms with E-state index in [2.05, 4.69) is 15.8 Å². The van der Waals surface area contributed by atoms with Crippen molar-refractivity contribution in [2.45, 2.75) is 24.8 Å². The molecule has 0 fully saturated rings. The fraction of sp³-hybridized carbons (Fsp3) is 0.182. The number of hydrazone groups is 1. The number of hydrogen-bond donors (Lipinski definition) is 2. The summed E-state index contributed by atoms with van der Waals surface area (Å²) >= 11 is 0. The van der Waals surface area contributed by atoms with E-state index < -0.39 is 22.5 Å². The molecule has 44 heavy (non-hydrogen) atoms. The minimum atomic E-state index is -4.12. The normalized spacial score (nSPS) is 11.9. The van der Waals surface area contributed by atoms with Crippen LogP contribution in [0.3, 0.4) is 0 Å². The molecule has 2 amide bonds. The molecule has 0 bridgehead atoms. The monoisotopic (exact) mass is 614 g/mol. The first-order valence-electron chi connectivity index (χ1n) is 13.8. The topological polar surface area (TPSA) is 126 Å². The highest BCUT2D eigenvalue weighted by molar-refractivity contribution is 7.92. The van der Waals surface area contributed by atoms with Crippen molar-refractivity contribution in [3.05, 3.63) is 120 Å². The van der Waals surface area contributed by atoms with E-state index >= 15 is 0 Å². The summed E-state index contributed by atoms with van der Waals surface area (Å²) in [6.45, 7) is 3.04. The van der Waals surface area contributed by atoms with E-state index in [9.17, 15) is 18.0 Å². The standard InChI is InChI=1S/C33H34N4O6S/c1-24-14-19-31(42-3)30(20-24)37(44(40,41)29-12-8-5-9-13-29)22-32(38)36-34-21-26-15-17-28(18-16-26)43-23-33(39)35-25(2)27-10-6-4-7-11-27/h4-21,25H,22-23H2,1-3H3,(H,35,39)(H,36,38)/b34-21-/t25-/m0/s1. The van der Waals surface area contributed by atoms with Crippen molar-refractivity contribution in [1.82, 2.24) is 10.7 Å². The first-order chi connectivity index (χ1) is 21.2. The van der Waals surface area contributed by atoms with Crippen LogP contribution < -0.4 is 24.5 Å². The van der Waals surface area contributed by atoms with Crippen LogP contribution in [0.1, 0.15) is 29.7 Å². The summed E-state index contributed by atoms with van der Waals surface area (Å²) in [4.78, 5) is 25.2. The van der Waals surface area contributed by atoms with Gasteiger partial charge in [0.2, 0.25) is 0 Å². The second kappa shape index (κ2) is 14.8. The quantitative estimate of drug-likeness (QED) is 0.167. The lowest BCUT2D eigenvalue weighted by molar-refractivity contribution is -0.123. The fourth-order valence-electron chi connectivity index (χ4n) is 4.27. The Labute approximate surface area is 257 Å². The molecule has 0 heterocycles. The molecule has 0 saturated heterocycles. The Morgan fingerprint density at radius 1 is 0.909 bits per heavy atom. The van der Waals surface area contributed by atoms with Gasteiger partial charge in [0.15, 0.2) is 6.61 Å². The lowest BCUT2D eigenvalue weighted by Gasteiger charge is -2.25. The molecule has 4 rings (SSSR count). The molecule has 0 aromatic heterocycles. The number of ether oxygens (including phenoxy) is 2. The molecule has 1 atom stereocenters. The Hall–Kier alpha value is -5.16. The van der Waals surface area contributed by atoms with Crippen molar-refractivity contribution in [2.75, 3.05) is 24.6 Å². The van der Waals surface area contributed by atoms with Gasteiger partial charge in [-0.15, -0.1) is 0 Å². The van der Waals surface area contributed by atoms with E-state index in [0.717, 1.165) is 15.4 Å². The van der Waals surface area contributed by atoms with Crippen molar-refractivity contribution in [2.24, 2.45) is 5.10 Å². The van der Waals surface area contributed by atoms with Gasteiger partial charge in [0.1, 0.15) is 18.0 Å². The minimum Gasteiger partial charge on any atom is -0.495 e. The number of carbonyl (C=O) groups excluding carboxylic acids is 2. The van der Waals surface area contributed by atoms with E-state index in [1.54, 1.807) is 60.7 Å². The number of aryl methyl sites for hydroxylation is 1. The summed E-state index contributed by atoms with van der Waals surface area (Å²) in [5, 5.41) is 6.88. The first kappa shape index (κ1) is 31.8. The number of amides is 2. The van der Waals surface area contributed by atoms with Crippen LogP contribution in [0.15, 0.2) is 113 Å². The molecule has 0 aliphatic carbocycles. The maximum atomic E-state index is 13.6. The van der Waals surface area contributed by atoms with E-state index in [1.807, 2.05) is 44.2 Å².